The Hall–Kier alpha value is -1.33. The van der Waals surface area contributed by atoms with Crippen LogP contribution >= 0.6 is 35.3 Å². The molecule has 2 aromatic rings. The van der Waals surface area contributed by atoms with Gasteiger partial charge in [-0.1, -0.05) is 0 Å². The largest absolute Gasteiger partial charge is 0.467 e. The minimum atomic E-state index is 0. The van der Waals surface area contributed by atoms with Gasteiger partial charge in [0.25, 0.3) is 0 Å². The van der Waals surface area contributed by atoms with Crippen LogP contribution in [0, 0.1) is 0 Å². The average Bonchev–Trinajstić information content (AvgIpc) is 3.27. The predicted octanol–water partition coefficient (Wildman–Crippen LogP) is 3.08. The van der Waals surface area contributed by atoms with E-state index in [0.29, 0.717) is 19.8 Å². The molecule has 2 heterocycles. The number of nitrogens with zero attached hydrogens (tertiary/aromatic N) is 3. The number of aliphatic imine (C=N–C) groups is 1. The summed E-state index contributed by atoms with van der Waals surface area (Å²) < 4.78 is 10.8. The van der Waals surface area contributed by atoms with Gasteiger partial charge in [0.1, 0.15) is 12.4 Å². The number of guanidine groups is 1. The van der Waals surface area contributed by atoms with E-state index in [2.05, 4.69) is 27.5 Å². The number of furan rings is 1. The molecule has 26 heavy (non-hydrogen) atoms. The minimum Gasteiger partial charge on any atom is -0.467 e. The number of ether oxygens (including phenoxy) is 1. The van der Waals surface area contributed by atoms with Crippen LogP contribution in [0.4, 0.5) is 5.13 Å². The number of aromatic nitrogens is 1. The molecular formula is C17H28IN5O2S. The summed E-state index contributed by atoms with van der Waals surface area (Å²) in [6, 6.07) is 3.78. The van der Waals surface area contributed by atoms with Gasteiger partial charge in [-0.05, 0) is 25.5 Å². The molecule has 2 aromatic heterocycles. The summed E-state index contributed by atoms with van der Waals surface area (Å²) >= 11 is 1.63. The number of anilines is 1. The molecule has 0 unspecified atom stereocenters. The Balaban J connectivity index is 0.00000338. The van der Waals surface area contributed by atoms with Crippen LogP contribution < -0.4 is 15.5 Å². The van der Waals surface area contributed by atoms with Gasteiger partial charge in [0.15, 0.2) is 11.1 Å². The van der Waals surface area contributed by atoms with Gasteiger partial charge >= 0.3 is 0 Å². The van der Waals surface area contributed by atoms with Gasteiger partial charge in [-0.25, -0.2) is 9.98 Å². The zero-order valence-electron chi connectivity index (χ0n) is 15.5. The van der Waals surface area contributed by atoms with Gasteiger partial charge in [-0.15, -0.1) is 35.3 Å². The Morgan fingerprint density at radius 1 is 1.38 bits per heavy atom. The van der Waals surface area contributed by atoms with Gasteiger partial charge in [0.2, 0.25) is 0 Å². The number of rotatable bonds is 10. The Labute approximate surface area is 176 Å². The normalized spacial score (nSPS) is 11.1. The lowest BCUT2D eigenvalue weighted by Gasteiger charge is -2.11. The van der Waals surface area contributed by atoms with E-state index >= 15 is 0 Å². The van der Waals surface area contributed by atoms with Crippen LogP contribution in [0.3, 0.4) is 0 Å². The number of hydrogen-bond acceptors (Lipinski definition) is 6. The van der Waals surface area contributed by atoms with E-state index in [1.807, 2.05) is 36.5 Å². The van der Waals surface area contributed by atoms with E-state index in [1.165, 1.54) is 0 Å². The van der Waals surface area contributed by atoms with Crippen molar-refractivity contribution in [2.24, 2.45) is 4.99 Å². The summed E-state index contributed by atoms with van der Waals surface area (Å²) in [6.07, 6.45) is 2.55. The molecule has 0 amide bonds. The van der Waals surface area contributed by atoms with Crippen molar-refractivity contribution in [2.45, 2.75) is 26.5 Å². The van der Waals surface area contributed by atoms with Crippen molar-refractivity contribution < 1.29 is 9.15 Å². The van der Waals surface area contributed by atoms with Crippen molar-refractivity contribution >= 4 is 46.4 Å². The van der Waals surface area contributed by atoms with Crippen molar-refractivity contribution in [1.82, 2.24) is 15.6 Å². The first-order valence-corrected chi connectivity index (χ1v) is 9.31. The molecule has 2 rings (SSSR count). The van der Waals surface area contributed by atoms with Crippen LogP contribution in [0.15, 0.2) is 33.2 Å². The van der Waals surface area contributed by atoms with Crippen LogP contribution in [-0.2, 0) is 17.9 Å². The number of thiazole rings is 1. The Kier molecular flexibility index (Phi) is 11.3. The molecule has 0 atom stereocenters. The number of halogens is 1. The molecule has 0 fully saturated rings. The molecular weight excluding hydrogens is 465 g/mol. The van der Waals surface area contributed by atoms with E-state index in [9.17, 15) is 0 Å². The average molecular weight is 493 g/mol. The fourth-order valence-corrected chi connectivity index (χ4v) is 2.77. The second-order valence-electron chi connectivity index (χ2n) is 5.62. The lowest BCUT2D eigenvalue weighted by atomic mass is 10.4. The lowest BCUT2D eigenvalue weighted by molar-refractivity contribution is 0.105. The predicted molar refractivity (Wildman–Crippen MR) is 118 cm³/mol. The first-order valence-electron chi connectivity index (χ1n) is 8.43. The van der Waals surface area contributed by atoms with E-state index in [1.54, 1.807) is 17.6 Å². The van der Waals surface area contributed by atoms with E-state index in [4.69, 9.17) is 9.15 Å². The highest BCUT2D eigenvalue weighted by Crippen LogP contribution is 2.18. The first kappa shape index (κ1) is 22.7. The minimum absolute atomic E-state index is 0. The third-order valence-electron chi connectivity index (χ3n) is 3.25. The quantitative estimate of drug-likeness (QED) is 0.229. The second-order valence-corrected chi connectivity index (χ2v) is 6.46. The summed E-state index contributed by atoms with van der Waals surface area (Å²) in [5, 5.41) is 9.60. The fraction of sp³-hybridized carbons (Fsp3) is 0.529. The molecule has 0 aliphatic heterocycles. The van der Waals surface area contributed by atoms with Crippen LogP contribution in [0.2, 0.25) is 0 Å². The zero-order chi connectivity index (χ0) is 17.9. The smallest absolute Gasteiger partial charge is 0.191 e. The van der Waals surface area contributed by atoms with Crippen molar-refractivity contribution in [3.8, 4) is 0 Å². The summed E-state index contributed by atoms with van der Waals surface area (Å²) in [5.41, 5.74) is 0.979. The molecule has 2 N–H and O–H groups in total. The SMILES string of the molecule is CCNC(=NCc1csc(N(C)C)n1)NCCCOCc1ccco1.I. The van der Waals surface area contributed by atoms with Gasteiger partial charge in [0, 0.05) is 39.2 Å². The summed E-state index contributed by atoms with van der Waals surface area (Å²) in [6.45, 7) is 5.42. The highest BCUT2D eigenvalue weighted by atomic mass is 127. The second kappa shape index (κ2) is 12.9. The Morgan fingerprint density at radius 3 is 2.88 bits per heavy atom. The van der Waals surface area contributed by atoms with Gasteiger partial charge in [-0.2, -0.15) is 0 Å². The Morgan fingerprint density at radius 2 is 2.23 bits per heavy atom. The number of nitrogens with one attached hydrogen (secondary N) is 2. The highest BCUT2D eigenvalue weighted by molar-refractivity contribution is 14.0. The maximum atomic E-state index is 5.57. The van der Waals surface area contributed by atoms with Gasteiger partial charge in [-0.3, -0.25) is 0 Å². The molecule has 146 valence electrons. The molecule has 0 aliphatic carbocycles. The molecule has 0 saturated carbocycles. The maximum absolute atomic E-state index is 5.57. The van der Waals surface area contributed by atoms with E-state index in [-0.39, 0.29) is 24.0 Å². The van der Waals surface area contributed by atoms with Gasteiger partial charge < -0.3 is 24.7 Å². The van der Waals surface area contributed by atoms with Crippen LogP contribution in [0.1, 0.15) is 24.8 Å². The summed E-state index contributed by atoms with van der Waals surface area (Å²) in [5.74, 6) is 1.65. The standard InChI is InChI=1S/C17H27N5O2S.HI/c1-4-18-16(20-11-14-13-25-17(21-14)22(2)3)19-8-6-9-23-12-15-7-5-10-24-15;/h5,7,10,13H,4,6,8-9,11-12H2,1-3H3,(H2,18,19,20);1H. The summed E-state index contributed by atoms with van der Waals surface area (Å²) in [7, 11) is 3.98. The maximum Gasteiger partial charge on any atom is 0.191 e. The van der Waals surface area contributed by atoms with Gasteiger partial charge in [0.05, 0.1) is 18.5 Å². The highest BCUT2D eigenvalue weighted by Gasteiger charge is 2.04. The summed E-state index contributed by atoms with van der Waals surface area (Å²) in [4.78, 5) is 11.1. The van der Waals surface area contributed by atoms with E-state index < -0.39 is 0 Å². The molecule has 9 heteroatoms. The topological polar surface area (TPSA) is 74.9 Å². The lowest BCUT2D eigenvalue weighted by Crippen LogP contribution is -2.38. The van der Waals surface area contributed by atoms with Crippen molar-refractivity contribution in [3.05, 3.63) is 35.2 Å². The fourth-order valence-electron chi connectivity index (χ4n) is 2.02. The van der Waals surface area contributed by atoms with Crippen molar-refractivity contribution in [2.75, 3.05) is 38.7 Å². The first-order chi connectivity index (χ1) is 12.2. The van der Waals surface area contributed by atoms with Crippen molar-refractivity contribution in [1.29, 1.82) is 0 Å². The number of hydrogen-bond donors (Lipinski definition) is 2. The van der Waals surface area contributed by atoms with Crippen LogP contribution in [0.25, 0.3) is 0 Å². The van der Waals surface area contributed by atoms with Crippen molar-refractivity contribution in [3.63, 3.8) is 0 Å². The Bertz CT molecular complexity index is 631. The monoisotopic (exact) mass is 493 g/mol. The van der Waals surface area contributed by atoms with Crippen LogP contribution in [0.5, 0.6) is 0 Å². The van der Waals surface area contributed by atoms with Crippen LogP contribution in [-0.4, -0.2) is 44.7 Å². The zero-order valence-corrected chi connectivity index (χ0v) is 18.7. The molecule has 0 spiro atoms. The molecule has 0 aliphatic rings. The van der Waals surface area contributed by atoms with E-state index in [0.717, 1.165) is 42.1 Å². The molecule has 7 nitrogen and oxygen atoms in total. The molecule has 0 radical (unpaired) electrons. The third-order valence-corrected chi connectivity index (χ3v) is 4.31. The molecule has 0 bridgehead atoms. The third kappa shape index (κ3) is 8.37. The molecule has 0 aromatic carbocycles. The molecule has 0 saturated heterocycles.